The fourth-order valence-electron chi connectivity index (χ4n) is 2.45. The van der Waals surface area contributed by atoms with E-state index in [0.29, 0.717) is 12.2 Å². The number of pyridine rings is 1. The largest absolute Gasteiger partial charge is 0.378 e. The number of hydrogen-bond acceptors (Lipinski definition) is 4. The van der Waals surface area contributed by atoms with Gasteiger partial charge in [0.2, 0.25) is 0 Å². The van der Waals surface area contributed by atoms with Crippen LogP contribution in [0.1, 0.15) is 26.5 Å². The van der Waals surface area contributed by atoms with Crippen molar-refractivity contribution in [3.63, 3.8) is 0 Å². The van der Waals surface area contributed by atoms with Gasteiger partial charge in [0.25, 0.3) is 5.91 Å². The van der Waals surface area contributed by atoms with E-state index in [1.165, 1.54) is 10.4 Å². The van der Waals surface area contributed by atoms with Crippen molar-refractivity contribution in [2.45, 2.75) is 25.5 Å². The van der Waals surface area contributed by atoms with Crippen molar-refractivity contribution >= 4 is 17.2 Å². The van der Waals surface area contributed by atoms with E-state index in [1.54, 1.807) is 30.7 Å². The quantitative estimate of drug-likeness (QED) is 0.938. The van der Waals surface area contributed by atoms with Crippen molar-refractivity contribution in [2.75, 3.05) is 7.11 Å². The third-order valence-electron chi connectivity index (χ3n) is 3.45. The van der Waals surface area contributed by atoms with Gasteiger partial charge in [-0.1, -0.05) is 0 Å². The molecule has 0 saturated carbocycles. The lowest BCUT2D eigenvalue weighted by Crippen LogP contribution is -2.35. The van der Waals surface area contributed by atoms with Gasteiger partial charge < -0.3 is 10.1 Å². The second kappa shape index (κ2) is 5.73. The van der Waals surface area contributed by atoms with E-state index in [1.807, 2.05) is 6.07 Å². The highest BCUT2D eigenvalue weighted by atomic mass is 32.1. The minimum Gasteiger partial charge on any atom is -0.378 e. The topological polar surface area (TPSA) is 51.2 Å². The van der Waals surface area contributed by atoms with E-state index in [0.717, 1.165) is 18.5 Å². The van der Waals surface area contributed by atoms with Crippen LogP contribution < -0.4 is 5.32 Å². The molecule has 5 heteroatoms. The van der Waals surface area contributed by atoms with E-state index in [4.69, 9.17) is 4.74 Å². The molecule has 104 valence electrons. The summed E-state index contributed by atoms with van der Waals surface area (Å²) in [5, 5.41) is 5.19. The Labute approximate surface area is 121 Å². The number of carbonyl (C=O) groups excluding carboxylic acids is 1. The summed E-state index contributed by atoms with van der Waals surface area (Å²) in [7, 11) is 1.63. The molecule has 1 aliphatic rings. The lowest BCUT2D eigenvalue weighted by atomic mass is 10.2. The van der Waals surface area contributed by atoms with E-state index in [-0.39, 0.29) is 11.9 Å². The van der Waals surface area contributed by atoms with Crippen molar-refractivity contribution in [1.82, 2.24) is 10.3 Å². The maximum atomic E-state index is 12.2. The number of ether oxygens (including phenoxy) is 1. The molecule has 1 amide bonds. The standard InChI is InChI=1S/C15H16N2O2S/c1-19-9-12-3-2-11(8-16-12)15(18)17-13-6-10-4-5-20-14(10)7-13/h2-5,8,13H,6-7,9H2,1H3,(H,17,18). The van der Waals surface area contributed by atoms with Gasteiger partial charge in [-0.3, -0.25) is 9.78 Å². The molecule has 0 spiro atoms. The zero-order chi connectivity index (χ0) is 13.9. The number of amides is 1. The predicted octanol–water partition coefficient (Wildman–Crippen LogP) is 2.19. The van der Waals surface area contributed by atoms with Crippen LogP contribution in [0.2, 0.25) is 0 Å². The normalized spacial score (nSPS) is 16.9. The van der Waals surface area contributed by atoms with Crippen LogP contribution in [0.25, 0.3) is 0 Å². The lowest BCUT2D eigenvalue weighted by Gasteiger charge is -2.12. The van der Waals surface area contributed by atoms with E-state index in [2.05, 4.69) is 21.7 Å². The van der Waals surface area contributed by atoms with Gasteiger partial charge in [0.1, 0.15) is 0 Å². The molecule has 2 aromatic rings. The Kier molecular flexibility index (Phi) is 3.80. The van der Waals surface area contributed by atoms with Gasteiger partial charge in [-0.15, -0.1) is 11.3 Å². The zero-order valence-electron chi connectivity index (χ0n) is 11.3. The van der Waals surface area contributed by atoms with Gasteiger partial charge in [-0.05, 0) is 35.6 Å². The maximum Gasteiger partial charge on any atom is 0.253 e. The Morgan fingerprint density at radius 1 is 1.45 bits per heavy atom. The molecule has 0 bridgehead atoms. The first-order chi connectivity index (χ1) is 9.76. The highest BCUT2D eigenvalue weighted by molar-refractivity contribution is 7.10. The molecule has 2 aromatic heterocycles. The van der Waals surface area contributed by atoms with Crippen LogP contribution in [0.4, 0.5) is 0 Å². The summed E-state index contributed by atoms with van der Waals surface area (Å²) < 4.78 is 5.00. The Hall–Kier alpha value is -1.72. The van der Waals surface area contributed by atoms with Crippen LogP contribution in [-0.4, -0.2) is 24.0 Å². The number of methoxy groups -OCH3 is 1. The minimum absolute atomic E-state index is 0.0541. The van der Waals surface area contributed by atoms with Gasteiger partial charge in [0, 0.05) is 30.6 Å². The fourth-order valence-corrected chi connectivity index (χ4v) is 3.45. The van der Waals surface area contributed by atoms with Crippen LogP contribution >= 0.6 is 11.3 Å². The van der Waals surface area contributed by atoms with Crippen LogP contribution in [0.15, 0.2) is 29.8 Å². The number of nitrogens with one attached hydrogen (secondary N) is 1. The summed E-state index contributed by atoms with van der Waals surface area (Å²) in [6.45, 7) is 0.463. The molecular formula is C15H16N2O2S. The van der Waals surface area contributed by atoms with E-state index >= 15 is 0 Å². The second-order valence-electron chi connectivity index (χ2n) is 4.92. The first-order valence-corrected chi connectivity index (χ1v) is 7.44. The highest BCUT2D eigenvalue weighted by Gasteiger charge is 2.24. The van der Waals surface area contributed by atoms with E-state index < -0.39 is 0 Å². The summed E-state index contributed by atoms with van der Waals surface area (Å²) in [5.41, 5.74) is 2.79. The van der Waals surface area contributed by atoms with Crippen LogP contribution in [0.5, 0.6) is 0 Å². The fraction of sp³-hybridized carbons (Fsp3) is 0.333. The molecule has 20 heavy (non-hydrogen) atoms. The molecular weight excluding hydrogens is 272 g/mol. The summed E-state index contributed by atoms with van der Waals surface area (Å²) in [4.78, 5) is 17.8. The van der Waals surface area contributed by atoms with Gasteiger partial charge in [0.05, 0.1) is 17.9 Å². The number of thiophene rings is 1. The van der Waals surface area contributed by atoms with Crippen LogP contribution in [0.3, 0.4) is 0 Å². The average Bonchev–Trinajstić information content (AvgIpc) is 3.01. The highest BCUT2D eigenvalue weighted by Crippen LogP contribution is 2.27. The Morgan fingerprint density at radius 3 is 3.05 bits per heavy atom. The van der Waals surface area contributed by atoms with Crippen LogP contribution in [0, 0.1) is 0 Å². The van der Waals surface area contributed by atoms with Crippen molar-refractivity contribution in [1.29, 1.82) is 0 Å². The lowest BCUT2D eigenvalue weighted by molar-refractivity contribution is 0.0938. The molecule has 3 rings (SSSR count). The number of hydrogen-bond donors (Lipinski definition) is 1. The Morgan fingerprint density at radius 2 is 2.35 bits per heavy atom. The summed E-state index contributed by atoms with van der Waals surface area (Å²) >= 11 is 1.77. The van der Waals surface area contributed by atoms with Crippen molar-refractivity contribution in [2.24, 2.45) is 0 Å². The third-order valence-corrected chi connectivity index (χ3v) is 4.44. The molecule has 4 nitrogen and oxygen atoms in total. The molecule has 1 atom stereocenters. The minimum atomic E-state index is -0.0541. The van der Waals surface area contributed by atoms with Crippen LogP contribution in [-0.2, 0) is 24.2 Å². The van der Waals surface area contributed by atoms with Gasteiger partial charge in [-0.25, -0.2) is 0 Å². The molecule has 2 heterocycles. The van der Waals surface area contributed by atoms with Crippen molar-refractivity contribution < 1.29 is 9.53 Å². The number of rotatable bonds is 4. The molecule has 1 N–H and O–H groups in total. The molecule has 0 radical (unpaired) electrons. The van der Waals surface area contributed by atoms with Gasteiger partial charge in [0.15, 0.2) is 0 Å². The number of carbonyl (C=O) groups is 1. The SMILES string of the molecule is COCc1ccc(C(=O)NC2Cc3ccsc3C2)cn1. The number of aromatic nitrogens is 1. The summed E-state index contributed by atoms with van der Waals surface area (Å²) in [5.74, 6) is -0.0541. The maximum absolute atomic E-state index is 12.2. The number of fused-ring (bicyclic) bond motifs is 1. The molecule has 1 unspecified atom stereocenters. The molecule has 1 aliphatic carbocycles. The van der Waals surface area contributed by atoms with Crippen molar-refractivity contribution in [3.05, 3.63) is 51.5 Å². The summed E-state index contributed by atoms with van der Waals surface area (Å²) in [6.07, 6.45) is 3.47. The average molecular weight is 288 g/mol. The smallest absolute Gasteiger partial charge is 0.253 e. The first-order valence-electron chi connectivity index (χ1n) is 6.56. The second-order valence-corrected chi connectivity index (χ2v) is 5.92. The monoisotopic (exact) mass is 288 g/mol. The van der Waals surface area contributed by atoms with Gasteiger partial charge in [-0.2, -0.15) is 0 Å². The third kappa shape index (κ3) is 2.73. The van der Waals surface area contributed by atoms with Gasteiger partial charge >= 0.3 is 0 Å². The first kappa shape index (κ1) is 13.3. The Balaban J connectivity index is 1.61. The molecule has 0 saturated heterocycles. The zero-order valence-corrected chi connectivity index (χ0v) is 12.1. The molecule has 0 aromatic carbocycles. The molecule has 0 fully saturated rings. The number of nitrogens with zero attached hydrogens (tertiary/aromatic N) is 1. The molecule has 0 aliphatic heterocycles. The summed E-state index contributed by atoms with van der Waals surface area (Å²) in [6, 6.07) is 5.97. The van der Waals surface area contributed by atoms with Crippen molar-refractivity contribution in [3.8, 4) is 0 Å². The van der Waals surface area contributed by atoms with E-state index in [9.17, 15) is 4.79 Å². The Bertz CT molecular complexity index is 586. The predicted molar refractivity (Wildman–Crippen MR) is 77.9 cm³/mol.